The lowest BCUT2D eigenvalue weighted by molar-refractivity contribution is -0.152. The van der Waals surface area contributed by atoms with Crippen LogP contribution in [0.4, 0.5) is 4.79 Å². The molecule has 0 aromatic heterocycles. The molecule has 3 aliphatic heterocycles. The van der Waals surface area contributed by atoms with E-state index in [-0.39, 0.29) is 17.4 Å². The maximum atomic E-state index is 13.0. The second-order valence-corrected chi connectivity index (χ2v) is 10.9. The number of nitrogens with zero attached hydrogens (tertiary/aromatic N) is 2. The van der Waals surface area contributed by atoms with Crippen molar-refractivity contribution in [2.75, 3.05) is 26.2 Å². The van der Waals surface area contributed by atoms with Gasteiger partial charge in [0.15, 0.2) is 0 Å². The molecule has 3 heterocycles. The van der Waals surface area contributed by atoms with Crippen LogP contribution < -0.4 is 16.4 Å². The first-order valence-electron chi connectivity index (χ1n) is 11.8. The number of piperidine rings is 1. The van der Waals surface area contributed by atoms with Crippen molar-refractivity contribution in [2.45, 2.75) is 57.2 Å². The minimum Gasteiger partial charge on any atom is -0.442 e. The summed E-state index contributed by atoms with van der Waals surface area (Å²) in [6.45, 7) is 4.74. The number of ether oxygens (including phenoxy) is 1. The topological polar surface area (TPSA) is 85.9 Å². The predicted molar refractivity (Wildman–Crippen MR) is 126 cm³/mol. The maximum Gasteiger partial charge on any atom is 0.410 e. The molecular formula is C23H31Cl2N5O3. The molecule has 4 unspecified atom stereocenters. The Morgan fingerprint density at radius 3 is 2.39 bits per heavy atom. The first-order chi connectivity index (χ1) is 15.8. The Hall–Kier alpha value is -1.58. The van der Waals surface area contributed by atoms with Crippen molar-refractivity contribution < 1.29 is 14.3 Å². The summed E-state index contributed by atoms with van der Waals surface area (Å²) in [4.78, 5) is 29.5. The fourth-order valence-corrected chi connectivity index (χ4v) is 6.26. The van der Waals surface area contributed by atoms with Gasteiger partial charge in [-0.2, -0.15) is 5.53 Å². The van der Waals surface area contributed by atoms with Gasteiger partial charge in [-0.15, -0.1) is 0 Å². The molecule has 10 heteroatoms. The summed E-state index contributed by atoms with van der Waals surface area (Å²) in [5.74, 6) is 0.401. The molecule has 180 valence electrons. The average molecular weight is 496 g/mol. The van der Waals surface area contributed by atoms with Gasteiger partial charge in [0.1, 0.15) is 6.10 Å². The van der Waals surface area contributed by atoms with Crippen molar-refractivity contribution in [3.8, 4) is 0 Å². The van der Waals surface area contributed by atoms with Crippen molar-refractivity contribution in [1.29, 1.82) is 0 Å². The zero-order valence-corrected chi connectivity index (χ0v) is 20.3. The molecule has 8 nitrogen and oxygen atoms in total. The van der Waals surface area contributed by atoms with E-state index in [4.69, 9.17) is 27.9 Å². The molecule has 1 saturated carbocycles. The SMILES string of the molecule is CC(OC(=O)N1CCC2(CC1)CN(C(=O)C1CCC3NNNC3C1)C2)c1cc(Cl)cc(Cl)c1. The maximum absolute atomic E-state index is 13.0. The monoisotopic (exact) mass is 495 g/mol. The van der Waals surface area contributed by atoms with E-state index >= 15 is 0 Å². The van der Waals surface area contributed by atoms with Gasteiger partial charge < -0.3 is 14.5 Å². The normalized spacial score (nSPS) is 29.4. The Kier molecular flexibility index (Phi) is 6.48. The molecule has 1 aromatic rings. The van der Waals surface area contributed by atoms with Crippen LogP contribution in [-0.4, -0.2) is 60.1 Å². The number of benzene rings is 1. The molecule has 4 atom stereocenters. The van der Waals surface area contributed by atoms with E-state index in [2.05, 4.69) is 16.4 Å². The highest BCUT2D eigenvalue weighted by atomic mass is 35.5. The van der Waals surface area contributed by atoms with E-state index < -0.39 is 6.10 Å². The van der Waals surface area contributed by atoms with E-state index in [0.717, 1.165) is 50.8 Å². The summed E-state index contributed by atoms with van der Waals surface area (Å²) in [6, 6.07) is 5.92. The summed E-state index contributed by atoms with van der Waals surface area (Å²) in [6.07, 6.45) is 3.87. The van der Waals surface area contributed by atoms with Crippen LogP contribution in [0.3, 0.4) is 0 Å². The molecule has 0 radical (unpaired) electrons. The van der Waals surface area contributed by atoms with Crippen molar-refractivity contribution in [3.63, 3.8) is 0 Å². The first-order valence-corrected chi connectivity index (χ1v) is 12.5. The van der Waals surface area contributed by atoms with Gasteiger partial charge in [0.05, 0.1) is 0 Å². The molecular weight excluding hydrogens is 465 g/mol. The third-order valence-corrected chi connectivity index (χ3v) is 8.23. The molecule has 2 amide bonds. The number of rotatable bonds is 3. The standard InChI is InChI=1S/C23H31Cl2N5O3/c1-14(16-8-17(24)11-18(25)9-16)33-22(32)29-6-4-23(5-7-29)12-30(13-23)21(31)15-2-3-19-20(10-15)27-28-26-19/h8-9,11,14-15,19-20,26-28H,2-7,10,12-13H2,1H3. The van der Waals surface area contributed by atoms with Crippen molar-refractivity contribution in [3.05, 3.63) is 33.8 Å². The fourth-order valence-electron chi connectivity index (χ4n) is 5.72. The van der Waals surface area contributed by atoms with Crippen molar-refractivity contribution in [1.82, 2.24) is 26.2 Å². The second-order valence-electron chi connectivity index (χ2n) is 10.0. The lowest BCUT2D eigenvalue weighted by Gasteiger charge is -2.54. The summed E-state index contributed by atoms with van der Waals surface area (Å²) < 4.78 is 5.67. The molecule has 1 spiro atoms. The number of amides is 2. The zero-order chi connectivity index (χ0) is 23.2. The van der Waals surface area contributed by atoms with Crippen LogP contribution in [0.5, 0.6) is 0 Å². The summed E-state index contributed by atoms with van der Waals surface area (Å²) in [7, 11) is 0. The Morgan fingerprint density at radius 1 is 1.03 bits per heavy atom. The van der Waals surface area contributed by atoms with Crippen LogP contribution in [0.2, 0.25) is 10.0 Å². The van der Waals surface area contributed by atoms with Gasteiger partial charge in [-0.05, 0) is 62.8 Å². The van der Waals surface area contributed by atoms with Gasteiger partial charge in [0.2, 0.25) is 5.91 Å². The van der Waals surface area contributed by atoms with E-state index in [1.165, 1.54) is 0 Å². The fraction of sp³-hybridized carbons (Fsp3) is 0.652. The van der Waals surface area contributed by atoms with E-state index in [1.54, 1.807) is 23.1 Å². The van der Waals surface area contributed by atoms with Gasteiger partial charge in [0.25, 0.3) is 0 Å². The van der Waals surface area contributed by atoms with Crippen LogP contribution in [0.15, 0.2) is 18.2 Å². The third-order valence-electron chi connectivity index (χ3n) is 7.79. The smallest absolute Gasteiger partial charge is 0.410 e. The minimum absolute atomic E-state index is 0.106. The van der Waals surface area contributed by atoms with Crippen molar-refractivity contribution in [2.24, 2.45) is 11.3 Å². The van der Waals surface area contributed by atoms with Crippen LogP contribution in [0.1, 0.15) is 50.7 Å². The molecule has 3 N–H and O–H groups in total. The van der Waals surface area contributed by atoms with Crippen molar-refractivity contribution >= 4 is 35.2 Å². The summed E-state index contributed by atoms with van der Waals surface area (Å²) in [5.41, 5.74) is 10.4. The van der Waals surface area contributed by atoms with E-state index in [0.29, 0.717) is 41.1 Å². The van der Waals surface area contributed by atoms with Crippen LogP contribution >= 0.6 is 23.2 Å². The summed E-state index contributed by atoms with van der Waals surface area (Å²) in [5, 5.41) is 1.04. The number of carbonyl (C=O) groups excluding carboxylic acids is 2. The molecule has 3 saturated heterocycles. The van der Waals surface area contributed by atoms with Gasteiger partial charge in [-0.25, -0.2) is 15.6 Å². The highest BCUT2D eigenvalue weighted by molar-refractivity contribution is 6.34. The summed E-state index contributed by atoms with van der Waals surface area (Å²) >= 11 is 12.1. The Morgan fingerprint density at radius 2 is 1.70 bits per heavy atom. The Labute approximate surface area is 204 Å². The number of hydrogen-bond acceptors (Lipinski definition) is 6. The average Bonchev–Trinajstić information content (AvgIpc) is 3.24. The molecule has 33 heavy (non-hydrogen) atoms. The Balaban J connectivity index is 1.08. The number of fused-ring (bicyclic) bond motifs is 1. The van der Waals surface area contributed by atoms with E-state index in [1.807, 2.05) is 11.8 Å². The van der Waals surface area contributed by atoms with Gasteiger partial charge >= 0.3 is 6.09 Å². The number of hydrogen-bond donors (Lipinski definition) is 3. The largest absolute Gasteiger partial charge is 0.442 e. The van der Waals surface area contributed by atoms with Gasteiger partial charge in [0, 0.05) is 59.6 Å². The molecule has 5 rings (SSSR count). The molecule has 1 aromatic carbocycles. The van der Waals surface area contributed by atoms with Gasteiger partial charge in [-0.1, -0.05) is 23.2 Å². The first kappa shape index (κ1) is 23.2. The lowest BCUT2D eigenvalue weighted by Crippen LogP contribution is -2.63. The predicted octanol–water partition coefficient (Wildman–Crippen LogP) is 3.27. The lowest BCUT2D eigenvalue weighted by atomic mass is 9.71. The second kappa shape index (κ2) is 9.23. The van der Waals surface area contributed by atoms with Gasteiger partial charge in [-0.3, -0.25) is 4.79 Å². The third kappa shape index (κ3) is 4.82. The van der Waals surface area contributed by atoms with Crippen LogP contribution in [0, 0.1) is 11.3 Å². The highest BCUT2D eigenvalue weighted by Gasteiger charge is 2.49. The highest BCUT2D eigenvalue weighted by Crippen LogP contribution is 2.42. The number of carbonyl (C=O) groups is 2. The molecule has 0 bridgehead atoms. The number of nitrogens with one attached hydrogen (secondary N) is 3. The molecule has 4 aliphatic rings. The number of likely N-dealkylation sites (tertiary alicyclic amines) is 2. The minimum atomic E-state index is -0.434. The van der Waals surface area contributed by atoms with Crippen LogP contribution in [-0.2, 0) is 9.53 Å². The van der Waals surface area contributed by atoms with Crippen LogP contribution in [0.25, 0.3) is 0 Å². The van der Waals surface area contributed by atoms with E-state index in [9.17, 15) is 9.59 Å². The zero-order valence-electron chi connectivity index (χ0n) is 18.8. The molecule has 1 aliphatic carbocycles. The Bertz CT molecular complexity index is 895. The quantitative estimate of drug-likeness (QED) is 0.596. The molecule has 4 fully saturated rings. The number of hydrazine groups is 2. The number of halogens is 2.